The number of benzene rings is 2. The Bertz CT molecular complexity index is 1240. The van der Waals surface area contributed by atoms with Crippen molar-refractivity contribution in [1.29, 1.82) is 0 Å². The molecule has 0 unspecified atom stereocenters. The molecule has 1 aromatic heterocycles. The Balaban J connectivity index is 1.24. The van der Waals surface area contributed by atoms with Gasteiger partial charge in [-0.1, -0.05) is 36.8 Å². The Morgan fingerprint density at radius 3 is 2.54 bits per heavy atom. The third kappa shape index (κ3) is 5.52. The standard InChI is InChI=1S/C30H38N4O3/c1-2-34-22-23(24-9-3-5-11-26(24)34)21-33-18-14-30(15-19-33)13-7-8-16-31-28(35)25-10-4-6-12-27(25)37-20-17-32-29(30)36/h3-6,9-12,22H,2,7-8,13-21H2,1H3,(H,31,35)(H,32,36). The summed E-state index contributed by atoms with van der Waals surface area (Å²) in [5.74, 6) is 0.593. The van der Waals surface area contributed by atoms with Crippen LogP contribution in [0.15, 0.2) is 54.7 Å². The molecule has 0 saturated carbocycles. The van der Waals surface area contributed by atoms with Gasteiger partial charge in [0.1, 0.15) is 12.4 Å². The number of carbonyl (C=O) groups excluding carboxylic acids is 2. The summed E-state index contributed by atoms with van der Waals surface area (Å²) in [7, 11) is 0. The fourth-order valence-electron chi connectivity index (χ4n) is 5.86. The third-order valence-corrected chi connectivity index (χ3v) is 8.05. The number of fused-ring (bicyclic) bond motifs is 2. The lowest BCUT2D eigenvalue weighted by Crippen LogP contribution is -2.49. The highest BCUT2D eigenvalue weighted by atomic mass is 16.5. The third-order valence-electron chi connectivity index (χ3n) is 8.05. The van der Waals surface area contributed by atoms with Crippen LogP contribution >= 0.6 is 0 Å². The maximum Gasteiger partial charge on any atom is 0.255 e. The summed E-state index contributed by atoms with van der Waals surface area (Å²) in [4.78, 5) is 28.6. The van der Waals surface area contributed by atoms with E-state index in [1.165, 1.54) is 16.5 Å². The minimum absolute atomic E-state index is 0.107. The molecule has 2 aromatic carbocycles. The lowest BCUT2D eigenvalue weighted by Gasteiger charge is -2.41. The highest BCUT2D eigenvalue weighted by molar-refractivity contribution is 5.96. The molecule has 0 atom stereocenters. The Labute approximate surface area is 219 Å². The molecular formula is C30H38N4O3. The quantitative estimate of drug-likeness (QED) is 0.558. The minimum atomic E-state index is -0.361. The number of likely N-dealkylation sites (tertiary alicyclic amines) is 1. The van der Waals surface area contributed by atoms with Gasteiger partial charge >= 0.3 is 0 Å². The van der Waals surface area contributed by atoms with Crippen LogP contribution in [0, 0.1) is 5.41 Å². The van der Waals surface area contributed by atoms with E-state index in [0.29, 0.717) is 31.0 Å². The maximum absolute atomic E-state index is 13.5. The van der Waals surface area contributed by atoms with E-state index in [4.69, 9.17) is 4.74 Å². The highest BCUT2D eigenvalue weighted by Crippen LogP contribution is 2.38. The van der Waals surface area contributed by atoms with Crippen molar-refractivity contribution < 1.29 is 14.3 Å². The van der Waals surface area contributed by atoms with Crippen LogP contribution in [-0.4, -0.2) is 54.1 Å². The van der Waals surface area contributed by atoms with Crippen molar-refractivity contribution in [2.75, 3.05) is 32.8 Å². The van der Waals surface area contributed by atoms with Crippen molar-refractivity contribution in [3.63, 3.8) is 0 Å². The molecule has 1 fully saturated rings. The average Bonchev–Trinajstić information content (AvgIpc) is 3.29. The zero-order chi connectivity index (χ0) is 25.7. The lowest BCUT2D eigenvalue weighted by atomic mass is 9.73. The fourth-order valence-corrected chi connectivity index (χ4v) is 5.86. The van der Waals surface area contributed by atoms with Crippen molar-refractivity contribution in [3.8, 4) is 5.75 Å². The summed E-state index contributed by atoms with van der Waals surface area (Å²) in [6.45, 7) is 7.21. The molecule has 37 heavy (non-hydrogen) atoms. The molecule has 2 aliphatic heterocycles. The van der Waals surface area contributed by atoms with Gasteiger partial charge < -0.3 is 19.9 Å². The van der Waals surface area contributed by atoms with Gasteiger partial charge in [-0.25, -0.2) is 0 Å². The van der Waals surface area contributed by atoms with Crippen molar-refractivity contribution in [2.45, 2.75) is 52.1 Å². The van der Waals surface area contributed by atoms with Crippen LogP contribution in [0.4, 0.5) is 0 Å². The molecule has 1 saturated heterocycles. The van der Waals surface area contributed by atoms with Crippen LogP contribution in [0.1, 0.15) is 54.9 Å². The number of hydrogen-bond acceptors (Lipinski definition) is 4. The molecule has 0 radical (unpaired) electrons. The minimum Gasteiger partial charge on any atom is -0.491 e. The van der Waals surface area contributed by atoms with Gasteiger partial charge in [0.25, 0.3) is 5.91 Å². The number of nitrogens with one attached hydrogen (secondary N) is 2. The van der Waals surface area contributed by atoms with Crippen LogP contribution in [-0.2, 0) is 17.9 Å². The van der Waals surface area contributed by atoms with E-state index in [1.807, 2.05) is 12.1 Å². The van der Waals surface area contributed by atoms with E-state index in [2.05, 4.69) is 57.5 Å². The second-order valence-electron chi connectivity index (χ2n) is 10.3. The fraction of sp³-hybridized carbons (Fsp3) is 0.467. The largest absolute Gasteiger partial charge is 0.491 e. The molecule has 3 heterocycles. The molecule has 3 aromatic rings. The highest BCUT2D eigenvalue weighted by Gasteiger charge is 2.40. The Morgan fingerprint density at radius 2 is 1.70 bits per heavy atom. The van der Waals surface area contributed by atoms with Crippen molar-refractivity contribution >= 4 is 22.7 Å². The van der Waals surface area contributed by atoms with Crippen LogP contribution < -0.4 is 15.4 Å². The summed E-state index contributed by atoms with van der Waals surface area (Å²) in [6, 6.07) is 15.9. The number of aryl methyl sites for hydroxylation is 1. The van der Waals surface area contributed by atoms with E-state index in [-0.39, 0.29) is 17.2 Å². The predicted molar refractivity (Wildman–Crippen MR) is 146 cm³/mol. The Morgan fingerprint density at radius 1 is 0.919 bits per heavy atom. The molecule has 7 nitrogen and oxygen atoms in total. The second kappa shape index (κ2) is 11.4. The van der Waals surface area contributed by atoms with Gasteiger partial charge in [0.05, 0.1) is 17.5 Å². The van der Waals surface area contributed by atoms with Crippen molar-refractivity contribution in [1.82, 2.24) is 20.1 Å². The topological polar surface area (TPSA) is 75.6 Å². The molecule has 2 aliphatic rings. The van der Waals surface area contributed by atoms with Crippen molar-refractivity contribution in [3.05, 3.63) is 65.9 Å². The summed E-state index contributed by atoms with van der Waals surface area (Å²) < 4.78 is 8.19. The van der Waals surface area contributed by atoms with Gasteiger partial charge in [-0.15, -0.1) is 0 Å². The molecule has 196 valence electrons. The van der Waals surface area contributed by atoms with Gasteiger partial charge in [0.15, 0.2) is 0 Å². The first-order chi connectivity index (χ1) is 18.1. The summed E-state index contributed by atoms with van der Waals surface area (Å²) >= 11 is 0. The Hall–Kier alpha value is -3.32. The lowest BCUT2D eigenvalue weighted by molar-refractivity contribution is -0.134. The second-order valence-corrected chi connectivity index (χ2v) is 10.3. The molecule has 2 N–H and O–H groups in total. The summed E-state index contributed by atoms with van der Waals surface area (Å²) in [6.07, 6.45) is 6.59. The zero-order valence-electron chi connectivity index (χ0n) is 21.8. The summed E-state index contributed by atoms with van der Waals surface area (Å²) in [5, 5.41) is 7.50. The molecule has 2 amide bonds. The average molecular weight is 503 g/mol. The van der Waals surface area contributed by atoms with E-state index in [9.17, 15) is 9.59 Å². The first-order valence-electron chi connectivity index (χ1n) is 13.7. The number of nitrogens with zero attached hydrogens (tertiary/aromatic N) is 2. The monoisotopic (exact) mass is 502 g/mol. The van der Waals surface area contributed by atoms with Gasteiger partial charge in [0, 0.05) is 36.7 Å². The normalized spacial score (nSPS) is 19.5. The van der Waals surface area contributed by atoms with Gasteiger partial charge in [0.2, 0.25) is 5.91 Å². The zero-order valence-corrected chi connectivity index (χ0v) is 21.8. The number of aromatic nitrogens is 1. The summed E-state index contributed by atoms with van der Waals surface area (Å²) in [5.41, 5.74) is 2.82. The van der Waals surface area contributed by atoms with E-state index in [1.54, 1.807) is 12.1 Å². The number of piperidine rings is 1. The number of para-hydroxylation sites is 2. The predicted octanol–water partition coefficient (Wildman–Crippen LogP) is 4.35. The molecule has 5 rings (SSSR count). The first kappa shape index (κ1) is 25.3. The van der Waals surface area contributed by atoms with Gasteiger partial charge in [-0.05, 0) is 69.5 Å². The Kier molecular flexibility index (Phi) is 7.79. The van der Waals surface area contributed by atoms with Crippen LogP contribution in [0.3, 0.4) is 0 Å². The van der Waals surface area contributed by atoms with E-state index >= 15 is 0 Å². The van der Waals surface area contributed by atoms with Crippen molar-refractivity contribution in [2.24, 2.45) is 5.41 Å². The number of amides is 2. The maximum atomic E-state index is 13.5. The van der Waals surface area contributed by atoms with Gasteiger partial charge in [-0.3, -0.25) is 14.5 Å². The molecule has 1 spiro atoms. The smallest absolute Gasteiger partial charge is 0.255 e. The first-order valence-corrected chi connectivity index (χ1v) is 13.7. The van der Waals surface area contributed by atoms with Crippen LogP contribution in [0.2, 0.25) is 0 Å². The number of carbonyl (C=O) groups is 2. The molecular weight excluding hydrogens is 464 g/mol. The van der Waals surface area contributed by atoms with Crippen LogP contribution in [0.5, 0.6) is 5.75 Å². The molecule has 7 heteroatoms. The number of hydrogen-bond donors (Lipinski definition) is 2. The van der Waals surface area contributed by atoms with Gasteiger partial charge in [-0.2, -0.15) is 0 Å². The van der Waals surface area contributed by atoms with E-state index < -0.39 is 0 Å². The molecule has 0 aliphatic carbocycles. The number of ether oxygens (including phenoxy) is 1. The SMILES string of the molecule is CCn1cc(CN2CCC3(CCCCNC(=O)c4ccccc4OCCNC3=O)CC2)c2ccccc21. The van der Waals surface area contributed by atoms with Crippen LogP contribution in [0.25, 0.3) is 10.9 Å². The number of rotatable bonds is 3. The molecule has 0 bridgehead atoms. The van der Waals surface area contributed by atoms with E-state index in [0.717, 1.165) is 58.3 Å².